The van der Waals surface area contributed by atoms with Crippen molar-refractivity contribution in [2.75, 3.05) is 0 Å². The fourth-order valence-electron chi connectivity index (χ4n) is 6.86. The van der Waals surface area contributed by atoms with Gasteiger partial charge >= 0.3 is 0 Å². The van der Waals surface area contributed by atoms with Crippen molar-refractivity contribution in [1.29, 1.82) is 0 Å². The van der Waals surface area contributed by atoms with Gasteiger partial charge in [-0.15, -0.1) is 0 Å². The molecule has 25 heavy (non-hydrogen) atoms. The quantitative estimate of drug-likeness (QED) is 0.528. The molecule has 0 heterocycles. The van der Waals surface area contributed by atoms with Crippen molar-refractivity contribution in [2.24, 2.45) is 17.8 Å². The second-order valence-electron chi connectivity index (χ2n) is 9.08. The Bertz CT molecular complexity index is 509. The summed E-state index contributed by atoms with van der Waals surface area (Å²) in [5.74, 6) is 3.18. The average Bonchev–Trinajstić information content (AvgIpc) is 2.76. The van der Waals surface area contributed by atoms with E-state index in [2.05, 4.69) is 37.6 Å². The maximum Gasteiger partial charge on any atom is 0.134 e. The zero-order valence-corrected chi connectivity index (χ0v) is 20.5. The monoisotopic (exact) mass is 433 g/mol. The van der Waals surface area contributed by atoms with Crippen LogP contribution in [-0.2, 0) is 21.7 Å². The first-order valence-corrected chi connectivity index (χ1v) is 12.5. The van der Waals surface area contributed by atoms with Gasteiger partial charge in [-0.1, -0.05) is 25.6 Å². The van der Waals surface area contributed by atoms with E-state index in [1.54, 1.807) is 36.1 Å². The zero-order valence-electron chi connectivity index (χ0n) is 16.2. The van der Waals surface area contributed by atoms with Crippen molar-refractivity contribution in [3.63, 3.8) is 0 Å². The maximum atomic E-state index is 3.05. The van der Waals surface area contributed by atoms with Crippen molar-refractivity contribution in [1.82, 2.24) is 4.57 Å². The molecule has 4 bridgehead atoms. The van der Waals surface area contributed by atoms with Crippen LogP contribution < -0.4 is 24.8 Å². The van der Waals surface area contributed by atoms with Crippen LogP contribution in [0.25, 0.3) is 0 Å². The minimum Gasteiger partial charge on any atom is -1.00 e. The largest absolute Gasteiger partial charge is 1.00 e. The summed E-state index contributed by atoms with van der Waals surface area (Å²) in [7, 11) is -0.824. The van der Waals surface area contributed by atoms with Crippen LogP contribution in [0.2, 0.25) is 13.1 Å². The molecule has 0 unspecified atom stereocenters. The number of nitrogens with zero attached hydrogens (tertiary/aromatic N) is 1. The van der Waals surface area contributed by atoms with Crippen LogP contribution >= 0.6 is 0 Å². The van der Waals surface area contributed by atoms with Gasteiger partial charge in [-0.25, -0.2) is 0 Å². The average molecular weight is 434 g/mol. The van der Waals surface area contributed by atoms with Gasteiger partial charge in [0.15, 0.2) is 0 Å². The smallest absolute Gasteiger partial charge is 0.134 e. The topological polar surface area (TPSA) is 3.24 Å². The van der Waals surface area contributed by atoms with Gasteiger partial charge < -0.3 is 29.4 Å². The van der Waals surface area contributed by atoms with Crippen molar-refractivity contribution in [3.8, 4) is 0 Å². The number of allylic oxidation sites excluding steroid dienone is 3. The van der Waals surface area contributed by atoms with E-state index in [0.717, 1.165) is 17.8 Å². The second kappa shape index (κ2) is 8.86. The van der Waals surface area contributed by atoms with E-state index in [-0.39, 0.29) is 46.5 Å². The van der Waals surface area contributed by atoms with Gasteiger partial charge in [-0.05, 0) is 81.3 Å². The molecule has 5 rings (SSSR count). The van der Waals surface area contributed by atoms with E-state index in [1.165, 1.54) is 32.1 Å². The third kappa shape index (κ3) is 4.14. The van der Waals surface area contributed by atoms with Crippen LogP contribution in [-0.4, -0.2) is 19.1 Å². The Hall–Kier alpha value is 0.791. The van der Waals surface area contributed by atoms with Crippen LogP contribution in [0, 0.1) is 17.8 Å². The van der Waals surface area contributed by atoms with Crippen molar-refractivity contribution in [2.45, 2.75) is 83.8 Å². The Morgan fingerprint density at radius 3 is 1.88 bits per heavy atom. The molecule has 0 amide bonds. The molecule has 5 aliphatic rings. The SMILES string of the molecule is CCC1=C(C)CC(N([SiH](C)C)C23CC4CC(CC(C4)C2)C3)=C1.[Cl-].[Cl-].[Ti]. The fourth-order valence-corrected chi connectivity index (χ4v) is 9.10. The molecule has 4 saturated carbocycles. The molecule has 5 heteroatoms. The first-order valence-electron chi connectivity index (χ1n) is 9.69. The van der Waals surface area contributed by atoms with Crippen LogP contribution in [0.5, 0.6) is 0 Å². The standard InChI is InChI=1S/C20H33NSi.2ClH.Ti/c1-5-18-10-19(6-14(18)2)21(22(3)4)20-11-15-7-16(12-20)9-17(8-15)13-20;;;/h10,15-17,22H,5-9,11-13H2,1-4H3;2*1H;/p-2. The summed E-state index contributed by atoms with van der Waals surface area (Å²) >= 11 is 0. The van der Waals surface area contributed by atoms with Gasteiger partial charge in [0.1, 0.15) is 8.96 Å². The summed E-state index contributed by atoms with van der Waals surface area (Å²) in [6.07, 6.45) is 14.3. The molecule has 0 atom stereocenters. The van der Waals surface area contributed by atoms with Gasteiger partial charge in [-0.2, -0.15) is 0 Å². The van der Waals surface area contributed by atoms with Gasteiger partial charge in [-0.3, -0.25) is 0 Å². The molecule has 0 aromatic rings. The molecular formula is C20H33Cl2NSiTi-2. The van der Waals surface area contributed by atoms with E-state index in [1.807, 2.05) is 0 Å². The van der Waals surface area contributed by atoms with E-state index < -0.39 is 8.96 Å². The van der Waals surface area contributed by atoms with E-state index in [0.29, 0.717) is 5.54 Å². The Labute approximate surface area is 183 Å². The summed E-state index contributed by atoms with van der Waals surface area (Å²) in [5, 5.41) is 0. The van der Waals surface area contributed by atoms with Crippen LogP contribution in [0.3, 0.4) is 0 Å². The summed E-state index contributed by atoms with van der Waals surface area (Å²) < 4.78 is 3.05. The number of halogens is 2. The predicted molar refractivity (Wildman–Crippen MR) is 97.3 cm³/mol. The number of rotatable bonds is 4. The summed E-state index contributed by atoms with van der Waals surface area (Å²) in [4.78, 5) is 0. The fraction of sp³-hybridized carbons (Fsp3) is 0.800. The predicted octanol–water partition coefficient (Wildman–Crippen LogP) is -0.740. The maximum absolute atomic E-state index is 3.05. The number of hydrogen-bond donors (Lipinski definition) is 0. The zero-order chi connectivity index (χ0) is 15.5. The van der Waals surface area contributed by atoms with Crippen molar-refractivity contribution in [3.05, 3.63) is 22.9 Å². The molecule has 0 aromatic carbocycles. The van der Waals surface area contributed by atoms with Gasteiger partial charge in [0.05, 0.1) is 0 Å². The van der Waals surface area contributed by atoms with Gasteiger partial charge in [0.2, 0.25) is 0 Å². The van der Waals surface area contributed by atoms with Crippen molar-refractivity contribution >= 4 is 8.96 Å². The molecule has 0 N–H and O–H groups in total. The molecule has 5 aliphatic carbocycles. The minimum atomic E-state index is -0.824. The van der Waals surface area contributed by atoms with Crippen LogP contribution in [0.4, 0.5) is 0 Å². The molecule has 0 aromatic heterocycles. The van der Waals surface area contributed by atoms with Gasteiger partial charge in [0, 0.05) is 39.4 Å². The molecule has 0 radical (unpaired) electrons. The molecule has 142 valence electrons. The molecule has 0 spiro atoms. The summed E-state index contributed by atoms with van der Waals surface area (Å²) in [6, 6.07) is 0. The normalized spacial score (nSPS) is 35.1. The molecule has 4 fully saturated rings. The van der Waals surface area contributed by atoms with E-state index in [9.17, 15) is 0 Å². The first kappa shape index (κ1) is 23.8. The third-order valence-electron chi connectivity index (χ3n) is 7.06. The Morgan fingerprint density at radius 1 is 1.04 bits per heavy atom. The van der Waals surface area contributed by atoms with Crippen LogP contribution in [0.15, 0.2) is 22.9 Å². The van der Waals surface area contributed by atoms with Gasteiger partial charge in [0.25, 0.3) is 0 Å². The Morgan fingerprint density at radius 2 is 1.52 bits per heavy atom. The van der Waals surface area contributed by atoms with Crippen molar-refractivity contribution < 1.29 is 46.5 Å². The molecular weight excluding hydrogens is 401 g/mol. The third-order valence-corrected chi connectivity index (χ3v) is 8.97. The molecule has 0 aliphatic heterocycles. The molecule has 0 saturated heterocycles. The summed E-state index contributed by atoms with van der Waals surface area (Å²) in [5.41, 5.74) is 5.55. The van der Waals surface area contributed by atoms with E-state index >= 15 is 0 Å². The Balaban J connectivity index is 0.00000104. The summed E-state index contributed by atoms with van der Waals surface area (Å²) in [6.45, 7) is 9.82. The Kier molecular flexibility index (Phi) is 8.45. The second-order valence-corrected chi connectivity index (χ2v) is 11.8. The minimum absolute atomic E-state index is 0. The van der Waals surface area contributed by atoms with Crippen LogP contribution in [0.1, 0.15) is 65.2 Å². The molecule has 1 nitrogen and oxygen atoms in total. The number of hydrogen-bond acceptors (Lipinski definition) is 1. The first-order chi connectivity index (χ1) is 10.5. The van der Waals surface area contributed by atoms with E-state index in [4.69, 9.17) is 0 Å².